The summed E-state index contributed by atoms with van der Waals surface area (Å²) in [5, 5.41) is 0. The molecule has 2 heterocycles. The van der Waals surface area contributed by atoms with E-state index in [1.807, 2.05) is 35.2 Å². The molecule has 7 nitrogen and oxygen atoms in total. The second-order valence-corrected chi connectivity index (χ2v) is 6.59. The number of carbonyl (C=O) groups excluding carboxylic acids is 2. The minimum Gasteiger partial charge on any atom is -0.495 e. The van der Waals surface area contributed by atoms with Gasteiger partial charge in [-0.05, 0) is 23.8 Å². The molecule has 27 heavy (non-hydrogen) atoms. The molecule has 0 radical (unpaired) electrons. The number of pyridine rings is 1. The summed E-state index contributed by atoms with van der Waals surface area (Å²) >= 11 is 0. The predicted molar refractivity (Wildman–Crippen MR) is 103 cm³/mol. The molecule has 1 saturated heterocycles. The molecule has 1 atom stereocenters. The molecule has 1 aliphatic heterocycles. The van der Waals surface area contributed by atoms with Crippen LogP contribution in [-0.2, 0) is 16.0 Å². The van der Waals surface area contributed by atoms with E-state index in [0.717, 1.165) is 17.0 Å². The largest absolute Gasteiger partial charge is 0.495 e. The van der Waals surface area contributed by atoms with Gasteiger partial charge < -0.3 is 20.2 Å². The van der Waals surface area contributed by atoms with Crippen molar-refractivity contribution in [3.8, 4) is 5.75 Å². The van der Waals surface area contributed by atoms with Crippen LogP contribution in [0.15, 0.2) is 48.8 Å². The molecule has 2 N–H and O–H groups in total. The van der Waals surface area contributed by atoms with Gasteiger partial charge in [-0.3, -0.25) is 14.7 Å². The van der Waals surface area contributed by atoms with Crippen molar-refractivity contribution < 1.29 is 14.3 Å². The summed E-state index contributed by atoms with van der Waals surface area (Å²) in [6, 6.07) is 11.4. The molecule has 1 aliphatic rings. The summed E-state index contributed by atoms with van der Waals surface area (Å²) in [6.07, 6.45) is 4.21. The summed E-state index contributed by atoms with van der Waals surface area (Å²) in [4.78, 5) is 32.5. The fourth-order valence-electron chi connectivity index (χ4n) is 3.58. The molecule has 1 aromatic carbocycles. The topological polar surface area (TPSA) is 88.8 Å². The number of nitrogens with two attached hydrogens (primary N) is 1. The molecule has 7 heteroatoms. The SMILES string of the molecule is COc1ccccc1N1CCN(C(C=O)(Cc2cccnc2)C(N)=O)CC1. The van der Waals surface area contributed by atoms with Crippen molar-refractivity contribution in [3.05, 3.63) is 54.4 Å². The Labute approximate surface area is 158 Å². The minimum atomic E-state index is -1.37. The molecule has 142 valence electrons. The molecule has 0 spiro atoms. The van der Waals surface area contributed by atoms with Crippen LogP contribution >= 0.6 is 0 Å². The Morgan fingerprint density at radius 3 is 2.56 bits per heavy atom. The van der Waals surface area contributed by atoms with Crippen LogP contribution in [0.5, 0.6) is 5.75 Å². The lowest BCUT2D eigenvalue weighted by molar-refractivity contribution is -0.137. The van der Waals surface area contributed by atoms with Crippen molar-refractivity contribution in [2.45, 2.75) is 12.0 Å². The Hall–Kier alpha value is -2.93. The van der Waals surface area contributed by atoms with E-state index in [2.05, 4.69) is 9.88 Å². The van der Waals surface area contributed by atoms with Gasteiger partial charge in [-0.15, -0.1) is 0 Å². The zero-order chi connectivity index (χ0) is 19.3. The molecule has 1 unspecified atom stereocenters. The van der Waals surface area contributed by atoms with Crippen LogP contribution in [0.25, 0.3) is 0 Å². The molecule has 3 rings (SSSR count). The molecule has 1 aromatic heterocycles. The van der Waals surface area contributed by atoms with Gasteiger partial charge >= 0.3 is 0 Å². The second-order valence-electron chi connectivity index (χ2n) is 6.59. The number of rotatable bonds is 7. The number of anilines is 1. The zero-order valence-corrected chi connectivity index (χ0v) is 15.4. The third-order valence-corrected chi connectivity index (χ3v) is 5.09. The number of aromatic nitrogens is 1. The molecule has 0 bridgehead atoms. The molecule has 1 amide bonds. The average Bonchev–Trinajstić information content (AvgIpc) is 2.72. The zero-order valence-electron chi connectivity index (χ0n) is 15.4. The van der Waals surface area contributed by atoms with Gasteiger partial charge in [0.25, 0.3) is 0 Å². The first-order valence-corrected chi connectivity index (χ1v) is 8.89. The van der Waals surface area contributed by atoms with Crippen molar-refractivity contribution in [2.24, 2.45) is 5.73 Å². The number of amides is 1. The monoisotopic (exact) mass is 368 g/mol. The van der Waals surface area contributed by atoms with Crippen molar-refractivity contribution in [2.75, 3.05) is 38.2 Å². The van der Waals surface area contributed by atoms with Gasteiger partial charge in [0.15, 0.2) is 5.54 Å². The Morgan fingerprint density at radius 2 is 1.96 bits per heavy atom. The number of nitrogens with zero attached hydrogens (tertiary/aromatic N) is 3. The van der Waals surface area contributed by atoms with Crippen LogP contribution in [0.3, 0.4) is 0 Å². The van der Waals surface area contributed by atoms with Gasteiger partial charge in [0.05, 0.1) is 12.8 Å². The Balaban J connectivity index is 1.78. The Kier molecular flexibility index (Phi) is 5.71. The van der Waals surface area contributed by atoms with Crippen LogP contribution in [0, 0.1) is 0 Å². The van der Waals surface area contributed by atoms with Crippen LogP contribution in [0.4, 0.5) is 5.69 Å². The van der Waals surface area contributed by atoms with Crippen molar-refractivity contribution in [3.63, 3.8) is 0 Å². The van der Waals surface area contributed by atoms with E-state index in [0.29, 0.717) is 32.5 Å². The quantitative estimate of drug-likeness (QED) is 0.576. The maximum absolute atomic E-state index is 12.3. The molecule has 1 fully saturated rings. The molecule has 0 aliphatic carbocycles. The summed E-state index contributed by atoms with van der Waals surface area (Å²) < 4.78 is 5.44. The Morgan fingerprint density at radius 1 is 1.22 bits per heavy atom. The number of methoxy groups -OCH3 is 1. The van der Waals surface area contributed by atoms with Gasteiger partial charge in [0.2, 0.25) is 5.91 Å². The highest BCUT2D eigenvalue weighted by Crippen LogP contribution is 2.30. The normalized spacial score (nSPS) is 17.1. The Bertz CT molecular complexity index is 791. The number of hydrogen-bond acceptors (Lipinski definition) is 6. The van der Waals surface area contributed by atoms with Crippen molar-refractivity contribution >= 4 is 17.9 Å². The van der Waals surface area contributed by atoms with Gasteiger partial charge in [0.1, 0.15) is 12.0 Å². The van der Waals surface area contributed by atoms with Gasteiger partial charge in [-0.2, -0.15) is 0 Å². The highest BCUT2D eigenvalue weighted by atomic mass is 16.5. The third-order valence-electron chi connectivity index (χ3n) is 5.09. The molecule has 2 aromatic rings. The van der Waals surface area contributed by atoms with E-state index in [4.69, 9.17) is 10.5 Å². The molecular formula is C20H24N4O3. The lowest BCUT2D eigenvalue weighted by Gasteiger charge is -2.43. The number of carbonyl (C=O) groups is 2. The lowest BCUT2D eigenvalue weighted by atomic mass is 9.89. The smallest absolute Gasteiger partial charge is 0.245 e. The highest BCUT2D eigenvalue weighted by molar-refractivity contribution is 6.01. The number of aldehydes is 1. The third kappa shape index (κ3) is 3.78. The van der Waals surface area contributed by atoms with E-state index in [1.54, 1.807) is 25.6 Å². The van der Waals surface area contributed by atoms with Crippen LogP contribution in [0.2, 0.25) is 0 Å². The number of piperazine rings is 1. The first kappa shape index (κ1) is 18.8. The molecule has 0 saturated carbocycles. The van der Waals surface area contributed by atoms with Gasteiger partial charge in [0, 0.05) is 45.0 Å². The van der Waals surface area contributed by atoms with Crippen molar-refractivity contribution in [1.29, 1.82) is 0 Å². The van der Waals surface area contributed by atoms with Crippen LogP contribution in [-0.4, -0.2) is 60.9 Å². The molecular weight excluding hydrogens is 344 g/mol. The minimum absolute atomic E-state index is 0.217. The second kappa shape index (κ2) is 8.18. The summed E-state index contributed by atoms with van der Waals surface area (Å²) in [7, 11) is 1.65. The number of hydrogen-bond donors (Lipinski definition) is 1. The average molecular weight is 368 g/mol. The maximum atomic E-state index is 12.3. The van der Waals surface area contributed by atoms with E-state index < -0.39 is 11.4 Å². The highest BCUT2D eigenvalue weighted by Gasteiger charge is 2.44. The van der Waals surface area contributed by atoms with Gasteiger partial charge in [-0.1, -0.05) is 18.2 Å². The fourth-order valence-corrected chi connectivity index (χ4v) is 3.58. The fraction of sp³-hybridized carbons (Fsp3) is 0.350. The number of para-hydroxylation sites is 2. The van der Waals surface area contributed by atoms with E-state index in [1.165, 1.54) is 0 Å². The predicted octanol–water partition coefficient (Wildman–Crippen LogP) is 0.878. The van der Waals surface area contributed by atoms with E-state index >= 15 is 0 Å². The summed E-state index contributed by atoms with van der Waals surface area (Å²) in [6.45, 7) is 2.41. The first-order chi connectivity index (χ1) is 13.1. The van der Waals surface area contributed by atoms with E-state index in [9.17, 15) is 9.59 Å². The number of primary amides is 1. The number of ether oxygens (including phenoxy) is 1. The summed E-state index contributed by atoms with van der Waals surface area (Å²) in [5.41, 5.74) is 6.13. The lowest BCUT2D eigenvalue weighted by Crippen LogP contribution is -2.65. The maximum Gasteiger partial charge on any atom is 0.245 e. The standard InChI is InChI=1S/C20H24N4O3/c1-27-18-7-3-2-6-17(18)23-9-11-24(12-10-23)20(15-25,19(21)26)13-16-5-4-8-22-14-16/h2-8,14-15H,9-13H2,1H3,(H2,21,26). The van der Waals surface area contributed by atoms with Crippen molar-refractivity contribution in [1.82, 2.24) is 9.88 Å². The van der Waals surface area contributed by atoms with Crippen LogP contribution in [0.1, 0.15) is 5.56 Å². The van der Waals surface area contributed by atoms with Gasteiger partial charge in [-0.25, -0.2) is 0 Å². The number of benzene rings is 1. The first-order valence-electron chi connectivity index (χ1n) is 8.89. The van der Waals surface area contributed by atoms with E-state index in [-0.39, 0.29) is 6.42 Å². The summed E-state index contributed by atoms with van der Waals surface area (Å²) in [5.74, 6) is 0.171. The van der Waals surface area contributed by atoms with Crippen LogP contribution < -0.4 is 15.4 Å².